The summed E-state index contributed by atoms with van der Waals surface area (Å²) in [4.78, 5) is 12.3. The summed E-state index contributed by atoms with van der Waals surface area (Å²) >= 11 is 0. The average Bonchev–Trinajstić information content (AvgIpc) is 2.48. The van der Waals surface area contributed by atoms with Crippen molar-refractivity contribution in [2.24, 2.45) is 0 Å². The molecule has 0 aliphatic carbocycles. The van der Waals surface area contributed by atoms with Crippen LogP contribution >= 0.6 is 0 Å². The van der Waals surface area contributed by atoms with Crippen LogP contribution < -0.4 is 10.1 Å². The number of hydrogen-bond acceptors (Lipinski definition) is 5. The van der Waals surface area contributed by atoms with Crippen LogP contribution in [0.2, 0.25) is 0 Å². The Kier molecular flexibility index (Phi) is 4.46. The molecule has 2 rings (SSSR count). The van der Waals surface area contributed by atoms with Gasteiger partial charge in [0.25, 0.3) is 5.91 Å². The van der Waals surface area contributed by atoms with Gasteiger partial charge in [0, 0.05) is 13.2 Å². The zero-order chi connectivity index (χ0) is 14.6. The first-order valence-electron chi connectivity index (χ1n) is 6.49. The maximum absolute atomic E-state index is 12.3. The molecule has 1 aromatic carbocycles. The predicted molar refractivity (Wildman–Crippen MR) is 72.0 cm³/mol. The molecule has 0 saturated carbocycles. The Morgan fingerprint density at radius 3 is 2.75 bits per heavy atom. The third-order valence-electron chi connectivity index (χ3n) is 3.59. The second-order valence-corrected chi connectivity index (χ2v) is 4.86. The van der Waals surface area contributed by atoms with Crippen molar-refractivity contribution in [1.29, 1.82) is 0 Å². The van der Waals surface area contributed by atoms with Crippen molar-refractivity contribution in [3.8, 4) is 11.5 Å². The molecule has 0 atom stereocenters. The van der Waals surface area contributed by atoms with E-state index < -0.39 is 11.4 Å². The van der Waals surface area contributed by atoms with Crippen LogP contribution in [-0.4, -0.2) is 48.6 Å². The number of nitrogens with one attached hydrogen (secondary N) is 1. The first-order chi connectivity index (χ1) is 9.62. The summed E-state index contributed by atoms with van der Waals surface area (Å²) in [5.41, 5.74) is -0.561. The number of carbonyl (C=O) groups is 1. The Labute approximate surface area is 117 Å². The summed E-state index contributed by atoms with van der Waals surface area (Å²) in [7, 11) is 1.42. The Hall–Kier alpha value is -1.79. The Morgan fingerprint density at radius 2 is 2.15 bits per heavy atom. The van der Waals surface area contributed by atoms with Crippen molar-refractivity contribution in [2.45, 2.75) is 18.4 Å². The number of phenolic OH excluding ortho intramolecular Hbond substituents is 1. The average molecular weight is 281 g/mol. The zero-order valence-electron chi connectivity index (χ0n) is 11.4. The summed E-state index contributed by atoms with van der Waals surface area (Å²) in [6, 6.07) is 4.71. The highest BCUT2D eigenvalue weighted by Gasteiger charge is 2.34. The molecule has 1 amide bonds. The van der Waals surface area contributed by atoms with Gasteiger partial charge < -0.3 is 25.0 Å². The standard InChI is InChI=1S/C14H19NO5/c1-19-11-4-2-3-10(12(11)17)13(18)15-14(9-16)5-7-20-8-6-14/h2-4,16-17H,5-9H2,1H3,(H,15,18). The second kappa shape index (κ2) is 6.11. The van der Waals surface area contributed by atoms with E-state index in [1.54, 1.807) is 12.1 Å². The molecule has 1 saturated heterocycles. The number of amides is 1. The van der Waals surface area contributed by atoms with Gasteiger partial charge in [-0.1, -0.05) is 6.07 Å². The van der Waals surface area contributed by atoms with Crippen molar-refractivity contribution in [2.75, 3.05) is 26.9 Å². The van der Waals surface area contributed by atoms with E-state index in [4.69, 9.17) is 9.47 Å². The Balaban J connectivity index is 2.19. The molecule has 0 bridgehead atoms. The first kappa shape index (κ1) is 14.6. The maximum Gasteiger partial charge on any atom is 0.255 e. The summed E-state index contributed by atoms with van der Waals surface area (Å²) in [5.74, 6) is -0.396. The van der Waals surface area contributed by atoms with Crippen LogP contribution in [0, 0.1) is 0 Å². The minimum Gasteiger partial charge on any atom is -0.504 e. The minimum atomic E-state index is -0.690. The Morgan fingerprint density at radius 1 is 1.45 bits per heavy atom. The van der Waals surface area contributed by atoms with Crippen molar-refractivity contribution in [3.63, 3.8) is 0 Å². The van der Waals surface area contributed by atoms with E-state index >= 15 is 0 Å². The van der Waals surface area contributed by atoms with Crippen molar-refractivity contribution in [3.05, 3.63) is 23.8 Å². The molecule has 3 N–H and O–H groups in total. The summed E-state index contributed by atoms with van der Waals surface area (Å²) in [5, 5.41) is 22.3. The number of aliphatic hydroxyl groups is 1. The van der Waals surface area contributed by atoms with E-state index in [0.29, 0.717) is 26.1 Å². The molecule has 6 heteroatoms. The van der Waals surface area contributed by atoms with Crippen LogP contribution in [0.25, 0.3) is 0 Å². The van der Waals surface area contributed by atoms with Crippen molar-refractivity contribution < 1.29 is 24.5 Å². The SMILES string of the molecule is COc1cccc(C(=O)NC2(CO)CCOCC2)c1O. The number of ether oxygens (including phenoxy) is 2. The molecule has 110 valence electrons. The number of aromatic hydroxyl groups is 1. The Bertz CT molecular complexity index is 482. The van der Waals surface area contributed by atoms with E-state index in [1.165, 1.54) is 13.2 Å². The van der Waals surface area contributed by atoms with Gasteiger partial charge in [-0.3, -0.25) is 4.79 Å². The van der Waals surface area contributed by atoms with Crippen LogP contribution in [0.4, 0.5) is 0 Å². The number of phenols is 1. The lowest BCUT2D eigenvalue weighted by Gasteiger charge is -2.36. The van der Waals surface area contributed by atoms with Gasteiger partial charge in [0.1, 0.15) is 0 Å². The minimum absolute atomic E-state index is 0.128. The lowest BCUT2D eigenvalue weighted by molar-refractivity contribution is 0.0125. The highest BCUT2D eigenvalue weighted by molar-refractivity contribution is 5.98. The van der Waals surface area contributed by atoms with E-state index in [2.05, 4.69) is 5.32 Å². The van der Waals surface area contributed by atoms with Gasteiger partial charge in [0.2, 0.25) is 0 Å². The molecule has 0 aromatic heterocycles. The molecule has 1 heterocycles. The molecular weight excluding hydrogens is 262 g/mol. The smallest absolute Gasteiger partial charge is 0.255 e. The normalized spacial score (nSPS) is 17.5. The summed E-state index contributed by atoms with van der Waals surface area (Å²) in [6.45, 7) is 0.822. The van der Waals surface area contributed by atoms with Crippen LogP contribution in [0.3, 0.4) is 0 Å². The van der Waals surface area contributed by atoms with Crippen molar-refractivity contribution in [1.82, 2.24) is 5.32 Å². The van der Waals surface area contributed by atoms with Gasteiger partial charge in [-0.05, 0) is 25.0 Å². The van der Waals surface area contributed by atoms with Gasteiger partial charge >= 0.3 is 0 Å². The molecular formula is C14H19NO5. The number of benzene rings is 1. The lowest BCUT2D eigenvalue weighted by Crippen LogP contribution is -2.54. The largest absolute Gasteiger partial charge is 0.504 e. The molecule has 0 unspecified atom stereocenters. The van der Waals surface area contributed by atoms with Gasteiger partial charge in [0.05, 0.1) is 24.8 Å². The molecule has 6 nitrogen and oxygen atoms in total. The number of aliphatic hydroxyl groups excluding tert-OH is 1. The molecule has 0 radical (unpaired) electrons. The van der Waals surface area contributed by atoms with Crippen molar-refractivity contribution >= 4 is 5.91 Å². The maximum atomic E-state index is 12.3. The van der Waals surface area contributed by atoms with E-state index in [0.717, 1.165) is 0 Å². The molecule has 20 heavy (non-hydrogen) atoms. The monoisotopic (exact) mass is 281 g/mol. The van der Waals surface area contributed by atoms with Gasteiger partial charge in [-0.25, -0.2) is 0 Å². The molecule has 1 aliphatic heterocycles. The predicted octanol–water partition coefficient (Wildman–Crippen LogP) is 0.672. The molecule has 1 aliphatic rings. The van der Waals surface area contributed by atoms with Crippen LogP contribution in [0.5, 0.6) is 11.5 Å². The highest BCUT2D eigenvalue weighted by atomic mass is 16.5. The zero-order valence-corrected chi connectivity index (χ0v) is 11.4. The number of rotatable bonds is 4. The van der Waals surface area contributed by atoms with E-state index in [9.17, 15) is 15.0 Å². The fourth-order valence-electron chi connectivity index (χ4n) is 2.26. The topological polar surface area (TPSA) is 88.0 Å². The van der Waals surface area contributed by atoms with Gasteiger partial charge in [-0.15, -0.1) is 0 Å². The molecule has 1 aromatic rings. The summed E-state index contributed by atoms with van der Waals surface area (Å²) < 4.78 is 10.2. The molecule has 1 fully saturated rings. The fraction of sp³-hybridized carbons (Fsp3) is 0.500. The number of methoxy groups -OCH3 is 1. The van der Waals surface area contributed by atoms with Gasteiger partial charge in [0.15, 0.2) is 11.5 Å². The lowest BCUT2D eigenvalue weighted by atomic mass is 9.90. The summed E-state index contributed by atoms with van der Waals surface area (Å²) in [6.07, 6.45) is 1.08. The first-order valence-corrected chi connectivity index (χ1v) is 6.49. The highest BCUT2D eigenvalue weighted by Crippen LogP contribution is 2.30. The third-order valence-corrected chi connectivity index (χ3v) is 3.59. The molecule has 0 spiro atoms. The van der Waals surface area contributed by atoms with Gasteiger partial charge in [-0.2, -0.15) is 0 Å². The quantitative estimate of drug-likeness (QED) is 0.755. The third kappa shape index (κ3) is 2.86. The van der Waals surface area contributed by atoms with E-state index in [-0.39, 0.29) is 23.7 Å². The van der Waals surface area contributed by atoms with Crippen LogP contribution in [-0.2, 0) is 4.74 Å². The second-order valence-electron chi connectivity index (χ2n) is 4.86. The number of carbonyl (C=O) groups excluding carboxylic acids is 1. The van der Waals surface area contributed by atoms with Crippen LogP contribution in [0.1, 0.15) is 23.2 Å². The fourth-order valence-corrected chi connectivity index (χ4v) is 2.26. The van der Waals surface area contributed by atoms with Crippen LogP contribution in [0.15, 0.2) is 18.2 Å². The van der Waals surface area contributed by atoms with E-state index in [1.807, 2.05) is 0 Å². The number of para-hydroxylation sites is 1. The number of hydrogen-bond donors (Lipinski definition) is 3.